The normalized spacial score (nSPS) is 36.0. The van der Waals surface area contributed by atoms with Gasteiger partial charge in [0, 0.05) is 50.6 Å². The van der Waals surface area contributed by atoms with Crippen LogP contribution in [-0.4, -0.2) is 74.5 Å². The topological polar surface area (TPSA) is 54.0 Å². The monoisotopic (exact) mass is 575 g/mol. The van der Waals surface area contributed by atoms with E-state index in [0.717, 1.165) is 32.1 Å². The zero-order valence-electron chi connectivity index (χ0n) is 22.4. The number of halogens is 6. The van der Waals surface area contributed by atoms with Crippen LogP contribution in [0, 0.1) is 11.3 Å². The first kappa shape index (κ1) is 28.1. The third-order valence-electron chi connectivity index (χ3n) is 10.1. The van der Waals surface area contributed by atoms with Crippen molar-refractivity contribution in [2.24, 2.45) is 11.3 Å². The number of rotatable bonds is 5. The highest BCUT2D eigenvalue weighted by Crippen LogP contribution is 2.56. The lowest BCUT2D eigenvalue weighted by molar-refractivity contribution is -0.145. The van der Waals surface area contributed by atoms with E-state index in [1.807, 2.05) is 4.90 Å². The third kappa shape index (κ3) is 4.77. The molecule has 12 heteroatoms. The van der Waals surface area contributed by atoms with Crippen LogP contribution in [0.15, 0.2) is 18.2 Å². The molecule has 2 bridgehead atoms. The molecule has 3 saturated heterocycles. The van der Waals surface area contributed by atoms with Crippen molar-refractivity contribution < 1.29 is 40.6 Å². The van der Waals surface area contributed by atoms with E-state index in [9.17, 15) is 31.1 Å². The van der Waals surface area contributed by atoms with Crippen LogP contribution >= 0.6 is 0 Å². The summed E-state index contributed by atoms with van der Waals surface area (Å²) in [7, 11) is 1.67. The quantitative estimate of drug-likeness (QED) is 0.509. The molecule has 0 spiro atoms. The molecule has 2 aliphatic carbocycles. The number of fused-ring (bicyclic) bond motifs is 3. The van der Waals surface area contributed by atoms with Crippen LogP contribution < -0.4 is 10.2 Å². The SMILES string of the molecule is CO[C@@H]1COCC[C@@H]1N[C@@H]1C[C@H]2CCC[C@@]2(C(=O)N2C[C@H]3C[C@H]2CN3c2cc(C(F)(F)F)ccc2C(F)(F)F)C1. The number of methoxy groups -OCH3 is 1. The molecule has 1 aromatic rings. The van der Waals surface area contributed by atoms with Crippen molar-refractivity contribution in [3.63, 3.8) is 0 Å². The van der Waals surface area contributed by atoms with Gasteiger partial charge in [-0.05, 0) is 62.6 Å². The molecule has 1 aromatic carbocycles. The fourth-order valence-electron chi connectivity index (χ4n) is 8.24. The summed E-state index contributed by atoms with van der Waals surface area (Å²) in [6.07, 6.45) is -3.95. The van der Waals surface area contributed by atoms with E-state index in [4.69, 9.17) is 9.47 Å². The minimum Gasteiger partial charge on any atom is -0.379 e. The minimum atomic E-state index is -4.79. The summed E-state index contributed by atoms with van der Waals surface area (Å²) in [6, 6.07) is 1.17. The maximum atomic E-state index is 14.2. The Hall–Kier alpha value is -2.05. The fourth-order valence-corrected chi connectivity index (χ4v) is 8.24. The number of likely N-dealkylation sites (tertiary alicyclic amines) is 1. The Labute approximate surface area is 229 Å². The molecule has 5 fully saturated rings. The molecule has 3 aliphatic heterocycles. The first-order chi connectivity index (χ1) is 18.9. The van der Waals surface area contributed by atoms with Crippen LogP contribution in [0.5, 0.6) is 0 Å². The van der Waals surface area contributed by atoms with Gasteiger partial charge < -0.3 is 24.6 Å². The minimum absolute atomic E-state index is 0.0430. The number of amides is 1. The predicted molar refractivity (Wildman–Crippen MR) is 134 cm³/mol. The molecule has 5 aliphatic rings. The second-order valence-electron chi connectivity index (χ2n) is 12.2. The van der Waals surface area contributed by atoms with Crippen molar-refractivity contribution in [2.75, 3.05) is 38.3 Å². The van der Waals surface area contributed by atoms with Crippen molar-refractivity contribution in [1.82, 2.24) is 10.2 Å². The molecule has 6 rings (SSSR count). The van der Waals surface area contributed by atoms with E-state index < -0.39 is 40.6 Å². The molecule has 0 radical (unpaired) electrons. The molecular formula is C28H35F6N3O3. The zero-order valence-corrected chi connectivity index (χ0v) is 22.4. The van der Waals surface area contributed by atoms with Gasteiger partial charge in [-0.2, -0.15) is 26.3 Å². The summed E-state index contributed by atoms with van der Waals surface area (Å²) in [4.78, 5) is 17.4. The first-order valence-corrected chi connectivity index (χ1v) is 14.1. The van der Waals surface area contributed by atoms with Crippen LogP contribution in [0.4, 0.5) is 32.0 Å². The van der Waals surface area contributed by atoms with E-state index in [2.05, 4.69) is 5.32 Å². The number of anilines is 1. The van der Waals surface area contributed by atoms with Gasteiger partial charge in [0.15, 0.2) is 0 Å². The van der Waals surface area contributed by atoms with Gasteiger partial charge in [0.25, 0.3) is 0 Å². The average molecular weight is 576 g/mol. The fraction of sp³-hybridized carbons (Fsp3) is 0.750. The highest BCUT2D eigenvalue weighted by atomic mass is 19.4. The van der Waals surface area contributed by atoms with Crippen LogP contribution in [0.3, 0.4) is 0 Å². The van der Waals surface area contributed by atoms with E-state index in [-0.39, 0.29) is 49.1 Å². The van der Waals surface area contributed by atoms with Crippen molar-refractivity contribution in [2.45, 2.75) is 87.6 Å². The van der Waals surface area contributed by atoms with E-state index in [1.165, 1.54) is 4.90 Å². The Morgan fingerprint density at radius 1 is 1.07 bits per heavy atom. The summed E-state index contributed by atoms with van der Waals surface area (Å²) in [5.41, 5.74) is -3.13. The third-order valence-corrected chi connectivity index (χ3v) is 10.1. The number of hydrogen-bond donors (Lipinski definition) is 1. The number of carbonyl (C=O) groups excluding carboxylic acids is 1. The molecule has 0 aromatic heterocycles. The van der Waals surface area contributed by atoms with Gasteiger partial charge in [0.1, 0.15) is 0 Å². The Bertz CT molecular complexity index is 1130. The number of piperazine rings is 1. The standard InChI is InChI=1S/C28H35F6N3O3/c1-39-24-15-40-8-6-22(24)35-18-9-16-3-2-7-26(16,12-18)25(38)37-14-19-11-20(37)13-36(19)23-10-17(27(29,30)31)4-5-21(23)28(32,33)34/h4-5,10,16,18-20,22,24,35H,2-3,6-9,11-15H2,1H3/t16-,18-,19-,20+,22+,24-,26-/m1/s1. The number of alkyl halides is 6. The predicted octanol–water partition coefficient (Wildman–Crippen LogP) is 4.86. The zero-order chi connectivity index (χ0) is 28.4. The summed E-state index contributed by atoms with van der Waals surface area (Å²) in [6.45, 7) is 1.52. The van der Waals surface area contributed by atoms with Crippen LogP contribution in [0.1, 0.15) is 56.1 Å². The largest absolute Gasteiger partial charge is 0.418 e. The van der Waals surface area contributed by atoms with Crippen LogP contribution in [-0.2, 0) is 26.6 Å². The van der Waals surface area contributed by atoms with Crippen LogP contribution in [0.2, 0.25) is 0 Å². The lowest BCUT2D eigenvalue weighted by atomic mass is 9.78. The Balaban J connectivity index is 1.18. The number of ether oxygens (including phenoxy) is 2. The van der Waals surface area contributed by atoms with Gasteiger partial charge in [0.05, 0.1) is 35.3 Å². The highest BCUT2D eigenvalue weighted by molar-refractivity contribution is 5.85. The second kappa shape index (κ2) is 10.0. The maximum absolute atomic E-state index is 14.2. The van der Waals surface area contributed by atoms with Gasteiger partial charge in [-0.15, -0.1) is 0 Å². The van der Waals surface area contributed by atoms with Crippen molar-refractivity contribution in [1.29, 1.82) is 0 Å². The van der Waals surface area contributed by atoms with Gasteiger partial charge in [-0.1, -0.05) is 6.42 Å². The van der Waals surface area contributed by atoms with Crippen molar-refractivity contribution in [3.8, 4) is 0 Å². The summed E-state index contributed by atoms with van der Waals surface area (Å²) in [5.74, 6) is 0.315. The Kier molecular flexibility index (Phi) is 7.05. The number of hydrogen-bond acceptors (Lipinski definition) is 5. The van der Waals surface area contributed by atoms with Gasteiger partial charge in [0.2, 0.25) is 5.91 Å². The van der Waals surface area contributed by atoms with Gasteiger partial charge >= 0.3 is 12.4 Å². The smallest absolute Gasteiger partial charge is 0.379 e. The van der Waals surface area contributed by atoms with Crippen molar-refractivity contribution in [3.05, 3.63) is 29.3 Å². The van der Waals surface area contributed by atoms with E-state index in [0.29, 0.717) is 44.3 Å². The molecule has 6 nitrogen and oxygen atoms in total. The number of benzene rings is 1. The Morgan fingerprint density at radius 3 is 2.55 bits per heavy atom. The van der Waals surface area contributed by atoms with E-state index in [1.54, 1.807) is 7.11 Å². The lowest BCUT2D eigenvalue weighted by Crippen LogP contribution is -2.54. The molecule has 7 atom stereocenters. The van der Waals surface area contributed by atoms with Crippen LogP contribution in [0.25, 0.3) is 0 Å². The summed E-state index contributed by atoms with van der Waals surface area (Å²) < 4.78 is 92.7. The van der Waals surface area contributed by atoms with Crippen molar-refractivity contribution >= 4 is 11.6 Å². The van der Waals surface area contributed by atoms with E-state index >= 15 is 0 Å². The molecule has 0 unspecified atom stereocenters. The molecule has 1 N–H and O–H groups in total. The lowest BCUT2D eigenvalue weighted by Gasteiger charge is -2.41. The van der Waals surface area contributed by atoms with Gasteiger partial charge in [-0.3, -0.25) is 4.79 Å². The Morgan fingerprint density at radius 2 is 1.88 bits per heavy atom. The summed E-state index contributed by atoms with van der Waals surface area (Å²) >= 11 is 0. The number of nitrogens with one attached hydrogen (secondary N) is 1. The molecular weight excluding hydrogens is 540 g/mol. The summed E-state index contributed by atoms with van der Waals surface area (Å²) in [5, 5.41) is 3.74. The molecule has 2 saturated carbocycles. The number of carbonyl (C=O) groups is 1. The molecule has 222 valence electrons. The number of nitrogens with zero attached hydrogens (tertiary/aromatic N) is 2. The average Bonchev–Trinajstić information content (AvgIpc) is 3.67. The second-order valence-corrected chi connectivity index (χ2v) is 12.2. The first-order valence-electron chi connectivity index (χ1n) is 14.1. The molecule has 40 heavy (non-hydrogen) atoms. The maximum Gasteiger partial charge on any atom is 0.418 e. The highest BCUT2D eigenvalue weighted by Gasteiger charge is 2.59. The van der Waals surface area contributed by atoms with Gasteiger partial charge in [-0.25, -0.2) is 0 Å². The molecule has 1 amide bonds. The molecule has 3 heterocycles.